The van der Waals surface area contributed by atoms with E-state index in [2.05, 4.69) is 43.5 Å². The predicted molar refractivity (Wildman–Crippen MR) is 117 cm³/mol. The number of aromatic nitrogens is 5. The number of nitrogens with zero attached hydrogens (tertiary/aromatic N) is 6. The average Bonchev–Trinajstić information content (AvgIpc) is 3.16. The molecule has 0 atom stereocenters. The Morgan fingerprint density at radius 2 is 2.19 bits per heavy atom. The van der Waals surface area contributed by atoms with Crippen molar-refractivity contribution in [1.29, 1.82) is 0 Å². The quantitative estimate of drug-likeness (QED) is 0.424. The van der Waals surface area contributed by atoms with E-state index in [-0.39, 0.29) is 12.5 Å². The molecule has 0 radical (unpaired) electrons. The minimum atomic E-state index is -0.0188. The number of fused-ring (bicyclic) bond motifs is 2. The van der Waals surface area contributed by atoms with Gasteiger partial charge in [-0.15, -0.1) is 16.9 Å². The van der Waals surface area contributed by atoms with Crippen molar-refractivity contribution < 1.29 is 4.79 Å². The Kier molecular flexibility index (Phi) is 4.28. The van der Waals surface area contributed by atoms with Gasteiger partial charge in [0.15, 0.2) is 11.6 Å². The SMILES string of the molecule is O=C(Cn1cc(-c2cnc3c(n2)N(Cc2ccc4ncsc4c2)NN3)cn1)NC1CC1. The summed E-state index contributed by atoms with van der Waals surface area (Å²) >= 11 is 1.63. The molecule has 0 saturated heterocycles. The smallest absolute Gasteiger partial charge is 0.241 e. The minimum absolute atomic E-state index is 0.0188. The highest BCUT2D eigenvalue weighted by molar-refractivity contribution is 7.16. The first-order valence-electron chi connectivity index (χ1n) is 10.0. The van der Waals surface area contributed by atoms with Gasteiger partial charge >= 0.3 is 0 Å². The standard InChI is InChI=1S/C20H19N9OS/c30-18(24-14-2-3-14)10-28-9-13(6-23-28)16-7-21-19-20(25-16)29(27-26-19)8-12-1-4-15-17(5-12)31-11-22-15/h1,4-7,9,11,14,27H,2-3,8,10H2,(H,21,26)(H,24,30). The molecule has 1 saturated carbocycles. The molecule has 6 rings (SSSR count). The Labute approximate surface area is 181 Å². The van der Waals surface area contributed by atoms with Crippen molar-refractivity contribution in [3.8, 4) is 11.3 Å². The molecule has 156 valence electrons. The van der Waals surface area contributed by atoms with Crippen molar-refractivity contribution in [2.45, 2.75) is 32.0 Å². The number of carbonyl (C=O) groups is 1. The van der Waals surface area contributed by atoms with Crippen LogP contribution in [0.25, 0.3) is 21.5 Å². The lowest BCUT2D eigenvalue weighted by Gasteiger charge is -2.16. The van der Waals surface area contributed by atoms with Crippen LogP contribution in [0.2, 0.25) is 0 Å². The summed E-state index contributed by atoms with van der Waals surface area (Å²) in [5.74, 6) is 1.36. The lowest BCUT2D eigenvalue weighted by atomic mass is 10.2. The van der Waals surface area contributed by atoms with Crippen molar-refractivity contribution in [1.82, 2.24) is 35.6 Å². The van der Waals surface area contributed by atoms with Gasteiger partial charge in [0.25, 0.3) is 0 Å². The van der Waals surface area contributed by atoms with Crippen molar-refractivity contribution in [3.63, 3.8) is 0 Å². The molecule has 1 aromatic carbocycles. The van der Waals surface area contributed by atoms with Crippen LogP contribution in [0.3, 0.4) is 0 Å². The van der Waals surface area contributed by atoms with Gasteiger partial charge in [0.2, 0.25) is 5.91 Å². The Balaban J connectivity index is 1.21. The summed E-state index contributed by atoms with van der Waals surface area (Å²) in [4.78, 5) is 25.6. The average molecular weight is 434 g/mol. The Morgan fingerprint density at radius 3 is 3.10 bits per heavy atom. The second kappa shape index (κ2) is 7.29. The second-order valence-electron chi connectivity index (χ2n) is 7.67. The Hall–Kier alpha value is -3.57. The zero-order valence-electron chi connectivity index (χ0n) is 16.4. The molecule has 3 N–H and O–H groups in total. The van der Waals surface area contributed by atoms with Crippen LogP contribution in [-0.4, -0.2) is 36.7 Å². The molecule has 0 spiro atoms. The molecule has 10 nitrogen and oxygen atoms in total. The van der Waals surface area contributed by atoms with Crippen molar-refractivity contribution in [2.24, 2.45) is 0 Å². The summed E-state index contributed by atoms with van der Waals surface area (Å²) in [5.41, 5.74) is 11.7. The highest BCUT2D eigenvalue weighted by Gasteiger charge is 2.24. The van der Waals surface area contributed by atoms with Crippen molar-refractivity contribution in [2.75, 3.05) is 10.4 Å². The number of amides is 1. The number of benzene rings is 1. The Bertz CT molecular complexity index is 1280. The largest absolute Gasteiger partial charge is 0.352 e. The molecule has 0 unspecified atom stereocenters. The molecule has 4 heterocycles. The monoisotopic (exact) mass is 433 g/mol. The third-order valence-corrected chi connectivity index (χ3v) is 6.02. The Morgan fingerprint density at radius 1 is 1.26 bits per heavy atom. The van der Waals surface area contributed by atoms with E-state index in [1.54, 1.807) is 28.4 Å². The van der Waals surface area contributed by atoms with Crippen LogP contribution in [0.4, 0.5) is 11.6 Å². The number of hydrogen-bond donors (Lipinski definition) is 3. The number of carbonyl (C=O) groups excluding carboxylic acids is 1. The van der Waals surface area contributed by atoms with Gasteiger partial charge in [-0.05, 0) is 30.5 Å². The summed E-state index contributed by atoms with van der Waals surface area (Å²) in [6.45, 7) is 0.816. The van der Waals surface area contributed by atoms with E-state index in [1.165, 1.54) is 0 Å². The van der Waals surface area contributed by atoms with E-state index in [1.807, 2.05) is 22.8 Å². The molecule has 3 aromatic heterocycles. The highest BCUT2D eigenvalue weighted by Crippen LogP contribution is 2.29. The molecule has 1 aliphatic heterocycles. The summed E-state index contributed by atoms with van der Waals surface area (Å²) in [5, 5.41) is 9.19. The number of hydrogen-bond acceptors (Lipinski definition) is 9. The number of hydrazine groups is 2. The summed E-state index contributed by atoms with van der Waals surface area (Å²) in [6, 6.07) is 6.57. The molecule has 11 heteroatoms. The van der Waals surface area contributed by atoms with Gasteiger partial charge in [-0.25, -0.2) is 15.0 Å². The topological polar surface area (TPSA) is 113 Å². The summed E-state index contributed by atoms with van der Waals surface area (Å²) < 4.78 is 2.78. The molecular weight excluding hydrogens is 414 g/mol. The van der Waals surface area contributed by atoms with E-state index in [0.717, 1.165) is 34.2 Å². The predicted octanol–water partition coefficient (Wildman–Crippen LogP) is 2.08. The number of nitrogens with one attached hydrogen (secondary N) is 3. The summed E-state index contributed by atoms with van der Waals surface area (Å²) in [7, 11) is 0. The number of anilines is 2. The molecule has 1 fully saturated rings. The fourth-order valence-electron chi connectivity index (χ4n) is 3.49. The van der Waals surface area contributed by atoms with Crippen LogP contribution >= 0.6 is 11.3 Å². The van der Waals surface area contributed by atoms with Gasteiger partial charge in [-0.3, -0.25) is 19.9 Å². The third kappa shape index (κ3) is 3.68. The fraction of sp³-hybridized carbons (Fsp3) is 0.250. The first-order valence-corrected chi connectivity index (χ1v) is 10.9. The van der Waals surface area contributed by atoms with Crippen LogP contribution in [0.15, 0.2) is 42.3 Å². The molecule has 1 aliphatic carbocycles. The van der Waals surface area contributed by atoms with Crippen molar-refractivity contribution in [3.05, 3.63) is 47.9 Å². The van der Waals surface area contributed by atoms with Gasteiger partial charge in [0.1, 0.15) is 6.54 Å². The van der Waals surface area contributed by atoms with E-state index in [9.17, 15) is 4.79 Å². The number of rotatable bonds is 6. The first kappa shape index (κ1) is 18.2. The van der Waals surface area contributed by atoms with Crippen LogP contribution in [0.1, 0.15) is 18.4 Å². The van der Waals surface area contributed by atoms with Crippen LogP contribution < -0.4 is 21.3 Å². The van der Waals surface area contributed by atoms with Gasteiger partial charge in [0, 0.05) is 17.8 Å². The number of thiazole rings is 1. The molecule has 2 aliphatic rings. The van der Waals surface area contributed by atoms with E-state index in [4.69, 9.17) is 4.98 Å². The normalized spacial score (nSPS) is 15.2. The molecule has 4 aromatic rings. The van der Waals surface area contributed by atoms with E-state index >= 15 is 0 Å². The third-order valence-electron chi connectivity index (χ3n) is 5.23. The fourth-order valence-corrected chi connectivity index (χ4v) is 4.23. The van der Waals surface area contributed by atoms with Crippen molar-refractivity contribution >= 4 is 39.1 Å². The highest BCUT2D eigenvalue weighted by atomic mass is 32.1. The van der Waals surface area contributed by atoms with Gasteiger partial charge < -0.3 is 5.32 Å². The van der Waals surface area contributed by atoms with Gasteiger partial charge in [0.05, 0.1) is 40.4 Å². The van der Waals surface area contributed by atoms with E-state index < -0.39 is 0 Å². The van der Waals surface area contributed by atoms with Crippen LogP contribution in [0.5, 0.6) is 0 Å². The maximum atomic E-state index is 12.0. The molecule has 0 bridgehead atoms. The van der Waals surface area contributed by atoms with Gasteiger partial charge in [-0.2, -0.15) is 5.10 Å². The lowest BCUT2D eigenvalue weighted by molar-refractivity contribution is -0.122. The zero-order chi connectivity index (χ0) is 20.8. The summed E-state index contributed by atoms with van der Waals surface area (Å²) in [6.07, 6.45) is 7.36. The zero-order valence-corrected chi connectivity index (χ0v) is 17.3. The minimum Gasteiger partial charge on any atom is -0.352 e. The maximum absolute atomic E-state index is 12.0. The van der Waals surface area contributed by atoms with Crippen LogP contribution in [-0.2, 0) is 17.9 Å². The lowest BCUT2D eigenvalue weighted by Crippen LogP contribution is -2.35. The second-order valence-corrected chi connectivity index (χ2v) is 8.56. The van der Waals surface area contributed by atoms with Gasteiger partial charge in [-0.1, -0.05) is 6.07 Å². The maximum Gasteiger partial charge on any atom is 0.241 e. The van der Waals surface area contributed by atoms with Crippen LogP contribution in [0, 0.1) is 0 Å². The molecule has 1 amide bonds. The molecule has 31 heavy (non-hydrogen) atoms. The molecular formula is C20H19N9OS. The first-order chi connectivity index (χ1) is 15.2. The van der Waals surface area contributed by atoms with E-state index in [0.29, 0.717) is 29.9 Å².